The van der Waals surface area contributed by atoms with Crippen molar-refractivity contribution < 1.29 is 14.4 Å². The van der Waals surface area contributed by atoms with Crippen LogP contribution in [0.4, 0.5) is 0 Å². The Bertz CT molecular complexity index is 772. The van der Waals surface area contributed by atoms with Gasteiger partial charge in [0, 0.05) is 19.2 Å². The molecule has 124 valence electrons. The Morgan fingerprint density at radius 3 is 2.87 bits per heavy atom. The summed E-state index contributed by atoms with van der Waals surface area (Å²) in [5.74, 6) is 0.0726. The molecule has 0 aromatic carbocycles. The lowest BCUT2D eigenvalue weighted by atomic mass is 10.3. The van der Waals surface area contributed by atoms with Gasteiger partial charge in [0.05, 0.1) is 33.4 Å². The van der Waals surface area contributed by atoms with E-state index >= 15 is 0 Å². The van der Waals surface area contributed by atoms with Gasteiger partial charge in [-0.25, -0.2) is 4.79 Å². The molecule has 23 heavy (non-hydrogen) atoms. The van der Waals surface area contributed by atoms with E-state index in [2.05, 4.69) is 9.98 Å². The minimum absolute atomic E-state index is 0.0271. The Labute approximate surface area is 132 Å². The van der Waals surface area contributed by atoms with Crippen LogP contribution in [0.15, 0.2) is 37.4 Å². The highest BCUT2D eigenvalue weighted by atomic mass is 16.3. The van der Waals surface area contributed by atoms with Crippen molar-refractivity contribution in [1.29, 1.82) is 0 Å². The highest BCUT2D eigenvalue weighted by molar-refractivity contribution is 5.81. The van der Waals surface area contributed by atoms with Gasteiger partial charge in [-0.15, -0.1) is 0 Å². The summed E-state index contributed by atoms with van der Waals surface area (Å²) in [5, 5.41) is 10.2. The van der Waals surface area contributed by atoms with Crippen LogP contribution in [0, 0.1) is 0 Å². The largest absolute Gasteiger partial charge is 0.494 e. The number of quaternary nitrogens is 1. The summed E-state index contributed by atoms with van der Waals surface area (Å²) >= 11 is 0. The number of aromatic amines is 1. The molecular weight excluding hydrogens is 300 g/mol. The van der Waals surface area contributed by atoms with E-state index in [0.29, 0.717) is 12.3 Å². The van der Waals surface area contributed by atoms with Crippen molar-refractivity contribution in [2.75, 3.05) is 27.2 Å². The Kier molecular flexibility index (Phi) is 5.53. The van der Waals surface area contributed by atoms with Crippen molar-refractivity contribution in [1.82, 2.24) is 9.55 Å². The molecule has 0 saturated heterocycles. The van der Waals surface area contributed by atoms with E-state index in [1.54, 1.807) is 12.1 Å². The SMILES string of the molecule is C[NH+](C)CCCN=Cc1c(O)n(Cc2ccco2)c(=O)[nH]c1=O. The van der Waals surface area contributed by atoms with E-state index in [0.717, 1.165) is 17.5 Å². The molecule has 3 N–H and O–H groups in total. The molecule has 0 bridgehead atoms. The van der Waals surface area contributed by atoms with Gasteiger partial charge in [0.25, 0.3) is 5.56 Å². The third kappa shape index (κ3) is 4.43. The number of aromatic nitrogens is 2. The quantitative estimate of drug-likeness (QED) is 0.442. The van der Waals surface area contributed by atoms with Crippen LogP contribution in [-0.2, 0) is 6.54 Å². The molecule has 0 amide bonds. The fraction of sp³-hybridized carbons (Fsp3) is 0.400. The molecule has 0 saturated carbocycles. The first-order valence-corrected chi connectivity index (χ1v) is 7.36. The van der Waals surface area contributed by atoms with Gasteiger partial charge in [0.1, 0.15) is 11.3 Å². The number of aromatic hydroxyl groups is 1. The summed E-state index contributed by atoms with van der Waals surface area (Å²) in [6, 6.07) is 3.35. The second kappa shape index (κ2) is 7.59. The number of hydrogen-bond donors (Lipinski definition) is 3. The van der Waals surface area contributed by atoms with Gasteiger partial charge in [0.2, 0.25) is 5.88 Å². The Morgan fingerprint density at radius 1 is 1.43 bits per heavy atom. The molecule has 0 aliphatic carbocycles. The molecule has 0 radical (unpaired) electrons. The number of nitrogens with one attached hydrogen (secondary N) is 2. The van der Waals surface area contributed by atoms with Crippen molar-refractivity contribution in [3.05, 3.63) is 50.6 Å². The molecule has 2 aromatic rings. The summed E-state index contributed by atoms with van der Waals surface area (Å²) in [6.07, 6.45) is 3.64. The summed E-state index contributed by atoms with van der Waals surface area (Å²) in [6.45, 7) is 1.53. The van der Waals surface area contributed by atoms with Gasteiger partial charge in [-0.1, -0.05) is 0 Å². The number of aliphatic imine (C=N–C) groups is 1. The zero-order valence-corrected chi connectivity index (χ0v) is 13.2. The maximum atomic E-state index is 11.8. The third-order valence-corrected chi connectivity index (χ3v) is 3.29. The molecule has 2 rings (SSSR count). The van der Waals surface area contributed by atoms with Crippen LogP contribution >= 0.6 is 0 Å². The average molecular weight is 321 g/mol. The monoisotopic (exact) mass is 321 g/mol. The lowest BCUT2D eigenvalue weighted by Gasteiger charge is -2.08. The normalized spacial score (nSPS) is 11.6. The van der Waals surface area contributed by atoms with Crippen LogP contribution in [0.25, 0.3) is 0 Å². The lowest BCUT2D eigenvalue weighted by Crippen LogP contribution is -3.05. The first kappa shape index (κ1) is 16.8. The van der Waals surface area contributed by atoms with Gasteiger partial charge in [-0.2, -0.15) is 0 Å². The smallest absolute Gasteiger partial charge is 0.331 e. The second-order valence-corrected chi connectivity index (χ2v) is 5.51. The van der Waals surface area contributed by atoms with E-state index in [1.165, 1.54) is 17.4 Å². The number of nitrogens with zero attached hydrogens (tertiary/aromatic N) is 2. The van der Waals surface area contributed by atoms with E-state index < -0.39 is 17.1 Å². The number of H-pyrrole nitrogens is 1. The minimum atomic E-state index is -0.697. The van der Waals surface area contributed by atoms with Crippen LogP contribution in [-0.4, -0.2) is 48.1 Å². The predicted molar refractivity (Wildman–Crippen MR) is 85.6 cm³/mol. The number of hydrogen-bond acceptors (Lipinski definition) is 5. The maximum Gasteiger partial charge on any atom is 0.331 e. The third-order valence-electron chi connectivity index (χ3n) is 3.29. The Hall–Kier alpha value is -2.61. The van der Waals surface area contributed by atoms with E-state index in [4.69, 9.17) is 4.42 Å². The number of furan rings is 1. The molecular formula is C15H21N4O4+. The van der Waals surface area contributed by atoms with Crippen molar-refractivity contribution in [2.45, 2.75) is 13.0 Å². The lowest BCUT2D eigenvalue weighted by molar-refractivity contribution is -0.858. The van der Waals surface area contributed by atoms with Crippen LogP contribution < -0.4 is 16.1 Å². The van der Waals surface area contributed by atoms with Crippen LogP contribution in [0.5, 0.6) is 5.88 Å². The van der Waals surface area contributed by atoms with Gasteiger partial charge in [-0.05, 0) is 12.1 Å². The molecule has 0 spiro atoms. The standard InChI is InChI=1S/C15H20N4O4/c1-18(2)7-4-6-16-9-12-13(20)17-15(22)19(14(12)21)10-11-5-3-8-23-11/h3,5,8-9,21H,4,6-7,10H2,1-2H3,(H,17,20,22)/p+1. The second-order valence-electron chi connectivity index (χ2n) is 5.51. The fourth-order valence-electron chi connectivity index (χ4n) is 2.08. The first-order valence-electron chi connectivity index (χ1n) is 7.36. The van der Waals surface area contributed by atoms with Gasteiger partial charge >= 0.3 is 5.69 Å². The predicted octanol–water partition coefficient (Wildman–Crippen LogP) is -1.16. The van der Waals surface area contributed by atoms with E-state index in [1.807, 2.05) is 14.1 Å². The Morgan fingerprint density at radius 2 is 2.22 bits per heavy atom. The summed E-state index contributed by atoms with van der Waals surface area (Å²) in [5.41, 5.74) is -1.39. The summed E-state index contributed by atoms with van der Waals surface area (Å²) < 4.78 is 6.19. The fourth-order valence-corrected chi connectivity index (χ4v) is 2.08. The van der Waals surface area contributed by atoms with Crippen molar-refractivity contribution in [3.8, 4) is 5.88 Å². The molecule has 0 atom stereocenters. The average Bonchev–Trinajstić information content (AvgIpc) is 2.99. The van der Waals surface area contributed by atoms with Gasteiger partial charge in [0.15, 0.2) is 0 Å². The first-order chi connectivity index (χ1) is 11.0. The van der Waals surface area contributed by atoms with Crippen molar-refractivity contribution in [3.63, 3.8) is 0 Å². The molecule has 2 aromatic heterocycles. The summed E-state index contributed by atoms with van der Waals surface area (Å²) in [4.78, 5) is 31.3. The molecule has 2 heterocycles. The van der Waals surface area contributed by atoms with E-state index in [-0.39, 0.29) is 12.1 Å². The highest BCUT2D eigenvalue weighted by Gasteiger charge is 2.13. The zero-order valence-electron chi connectivity index (χ0n) is 13.2. The Balaban J connectivity index is 2.21. The number of rotatable bonds is 7. The van der Waals surface area contributed by atoms with Crippen LogP contribution in [0.2, 0.25) is 0 Å². The minimum Gasteiger partial charge on any atom is -0.494 e. The molecule has 8 heteroatoms. The van der Waals surface area contributed by atoms with E-state index in [9.17, 15) is 14.7 Å². The molecule has 0 fully saturated rings. The maximum absolute atomic E-state index is 11.8. The van der Waals surface area contributed by atoms with Crippen molar-refractivity contribution in [2.24, 2.45) is 4.99 Å². The zero-order chi connectivity index (χ0) is 16.8. The topological polar surface area (TPSA) is 105 Å². The molecule has 0 aliphatic heterocycles. The van der Waals surface area contributed by atoms with Crippen LogP contribution in [0.1, 0.15) is 17.7 Å². The summed E-state index contributed by atoms with van der Waals surface area (Å²) in [7, 11) is 4.09. The van der Waals surface area contributed by atoms with Gasteiger partial charge in [-0.3, -0.25) is 19.3 Å². The molecule has 0 aliphatic rings. The molecule has 0 unspecified atom stereocenters. The highest BCUT2D eigenvalue weighted by Crippen LogP contribution is 2.11. The van der Waals surface area contributed by atoms with Crippen molar-refractivity contribution >= 4 is 6.21 Å². The molecule has 8 nitrogen and oxygen atoms in total. The van der Waals surface area contributed by atoms with Gasteiger partial charge < -0.3 is 14.4 Å². The van der Waals surface area contributed by atoms with Crippen LogP contribution in [0.3, 0.4) is 0 Å².